The minimum Gasteiger partial charge on any atom is -0.493 e. The number of methoxy groups -OCH3 is 1. The molecule has 0 spiro atoms. The Morgan fingerprint density at radius 2 is 1.84 bits per heavy atom. The highest BCUT2D eigenvalue weighted by molar-refractivity contribution is 5.92. The average Bonchev–Trinajstić information content (AvgIpc) is 2.84. The number of nitrogens with zero attached hydrogens (tertiary/aromatic N) is 3. The summed E-state index contributed by atoms with van der Waals surface area (Å²) in [6, 6.07) is 9.97. The molecule has 2 aliphatic rings. The molecule has 4 rings (SSSR count). The van der Waals surface area contributed by atoms with Gasteiger partial charge in [0, 0.05) is 50.6 Å². The smallest absolute Gasteiger partial charge is 0.272 e. The van der Waals surface area contributed by atoms with Crippen LogP contribution in [0.5, 0.6) is 5.75 Å². The van der Waals surface area contributed by atoms with Gasteiger partial charge >= 0.3 is 0 Å². The van der Waals surface area contributed by atoms with E-state index in [-0.39, 0.29) is 5.91 Å². The van der Waals surface area contributed by atoms with Gasteiger partial charge in [-0.15, -0.1) is 0 Å². The number of amides is 1. The van der Waals surface area contributed by atoms with Crippen LogP contribution in [0.4, 0.5) is 0 Å². The lowest BCUT2D eigenvalue weighted by molar-refractivity contribution is 0.0658. The van der Waals surface area contributed by atoms with E-state index in [4.69, 9.17) is 9.47 Å². The van der Waals surface area contributed by atoms with Crippen LogP contribution < -0.4 is 10.1 Å². The van der Waals surface area contributed by atoms with Crippen molar-refractivity contribution in [1.29, 1.82) is 0 Å². The summed E-state index contributed by atoms with van der Waals surface area (Å²) in [6.07, 6.45) is 4.09. The number of carbonyl (C=O) groups excluding carboxylic acids is 1. The van der Waals surface area contributed by atoms with Crippen molar-refractivity contribution in [3.05, 3.63) is 47.8 Å². The molecule has 1 aromatic carbocycles. The van der Waals surface area contributed by atoms with E-state index in [0.717, 1.165) is 81.2 Å². The summed E-state index contributed by atoms with van der Waals surface area (Å²) in [4.78, 5) is 21.3. The lowest BCUT2D eigenvalue weighted by Crippen LogP contribution is -2.47. The Hall–Kier alpha value is -2.48. The largest absolute Gasteiger partial charge is 0.493 e. The first kappa shape index (κ1) is 22.7. The maximum Gasteiger partial charge on any atom is 0.272 e. The Balaban J connectivity index is 1.44. The highest BCUT2D eigenvalue weighted by Crippen LogP contribution is 2.28. The van der Waals surface area contributed by atoms with Gasteiger partial charge in [-0.1, -0.05) is 12.1 Å². The molecule has 2 aliphatic heterocycles. The number of hydrogen-bond acceptors (Lipinski definition) is 6. The van der Waals surface area contributed by atoms with Crippen molar-refractivity contribution in [3.63, 3.8) is 0 Å². The van der Waals surface area contributed by atoms with Crippen LogP contribution >= 0.6 is 0 Å². The van der Waals surface area contributed by atoms with Crippen molar-refractivity contribution in [2.45, 2.75) is 19.4 Å². The summed E-state index contributed by atoms with van der Waals surface area (Å²) in [5.74, 6) is 1.48. The van der Waals surface area contributed by atoms with Crippen molar-refractivity contribution < 1.29 is 14.3 Å². The van der Waals surface area contributed by atoms with Gasteiger partial charge in [-0.3, -0.25) is 9.78 Å². The third-order valence-electron chi connectivity index (χ3n) is 6.40. The normalized spacial score (nSPS) is 18.0. The van der Waals surface area contributed by atoms with Crippen molar-refractivity contribution in [2.75, 3.05) is 60.0 Å². The zero-order valence-corrected chi connectivity index (χ0v) is 19.2. The lowest BCUT2D eigenvalue weighted by Gasteiger charge is -2.32. The summed E-state index contributed by atoms with van der Waals surface area (Å²) in [5.41, 5.74) is 3.54. The molecule has 1 amide bonds. The van der Waals surface area contributed by atoms with E-state index >= 15 is 0 Å². The number of piperidine rings is 1. The molecule has 0 bridgehead atoms. The number of likely N-dealkylation sites (N-methyl/N-ethyl adjacent to an activating group) is 1. The summed E-state index contributed by atoms with van der Waals surface area (Å²) < 4.78 is 11.6. The zero-order chi connectivity index (χ0) is 22.3. The zero-order valence-electron chi connectivity index (χ0n) is 19.2. The molecule has 7 nitrogen and oxygen atoms in total. The predicted molar refractivity (Wildman–Crippen MR) is 125 cm³/mol. The van der Waals surface area contributed by atoms with Crippen LogP contribution in [0.25, 0.3) is 11.1 Å². The van der Waals surface area contributed by atoms with Gasteiger partial charge in [-0.25, -0.2) is 0 Å². The number of benzene rings is 1. The van der Waals surface area contributed by atoms with Crippen molar-refractivity contribution in [2.24, 2.45) is 5.92 Å². The van der Waals surface area contributed by atoms with Crippen LogP contribution in [-0.4, -0.2) is 80.7 Å². The number of aromatic nitrogens is 1. The minimum atomic E-state index is 0.00591. The molecule has 0 aliphatic carbocycles. The second-order valence-electron chi connectivity index (χ2n) is 8.79. The van der Waals surface area contributed by atoms with Crippen LogP contribution in [0.15, 0.2) is 36.5 Å². The Bertz CT molecular complexity index is 889. The maximum atomic E-state index is 12.7. The molecule has 1 N–H and O–H groups in total. The molecule has 32 heavy (non-hydrogen) atoms. The van der Waals surface area contributed by atoms with Gasteiger partial charge in [0.1, 0.15) is 11.4 Å². The third-order valence-corrected chi connectivity index (χ3v) is 6.40. The number of carbonyl (C=O) groups is 1. The fourth-order valence-electron chi connectivity index (χ4n) is 4.29. The number of hydrogen-bond donors (Lipinski definition) is 1. The molecule has 7 heteroatoms. The first-order valence-electron chi connectivity index (χ1n) is 11.5. The van der Waals surface area contributed by atoms with Gasteiger partial charge in [-0.05, 0) is 62.7 Å². The van der Waals surface area contributed by atoms with E-state index in [1.165, 1.54) is 0 Å². The van der Waals surface area contributed by atoms with Gasteiger partial charge in [0.2, 0.25) is 0 Å². The Kier molecular flexibility index (Phi) is 7.73. The van der Waals surface area contributed by atoms with E-state index in [2.05, 4.69) is 34.4 Å². The highest BCUT2D eigenvalue weighted by atomic mass is 16.5. The van der Waals surface area contributed by atoms with E-state index in [1.807, 2.05) is 23.1 Å². The second kappa shape index (κ2) is 10.9. The van der Waals surface area contributed by atoms with Crippen molar-refractivity contribution in [1.82, 2.24) is 20.1 Å². The minimum absolute atomic E-state index is 0.00591. The summed E-state index contributed by atoms with van der Waals surface area (Å²) in [6.45, 7) is 6.66. The highest BCUT2D eigenvalue weighted by Gasteiger charge is 2.21. The van der Waals surface area contributed by atoms with E-state index in [1.54, 1.807) is 13.3 Å². The van der Waals surface area contributed by atoms with Crippen LogP contribution in [-0.2, 0) is 11.3 Å². The molecule has 1 aromatic heterocycles. The van der Waals surface area contributed by atoms with Crippen LogP contribution in [0.2, 0.25) is 0 Å². The van der Waals surface area contributed by atoms with Gasteiger partial charge in [-0.2, -0.15) is 0 Å². The third kappa shape index (κ3) is 5.65. The summed E-state index contributed by atoms with van der Waals surface area (Å²) >= 11 is 0. The fourth-order valence-corrected chi connectivity index (χ4v) is 4.29. The Morgan fingerprint density at radius 1 is 1.09 bits per heavy atom. The maximum absolute atomic E-state index is 12.7. The standard InChI is InChI=1S/C25H34N4O3/c1-28-11-13-29(14-12-28)25(30)23-5-3-21(16-27-23)20-4-6-24(22(15-20)18-31-2)32-17-19-7-9-26-10-8-19/h3-6,15-16,19,26H,7-14,17-18H2,1-2H3. The lowest BCUT2D eigenvalue weighted by atomic mass is 9.99. The van der Waals surface area contributed by atoms with E-state index in [9.17, 15) is 4.79 Å². The first-order chi connectivity index (χ1) is 15.6. The molecule has 0 saturated carbocycles. The number of rotatable bonds is 7. The quantitative estimate of drug-likeness (QED) is 0.717. The second-order valence-corrected chi connectivity index (χ2v) is 8.79. The Morgan fingerprint density at radius 3 is 2.53 bits per heavy atom. The van der Waals surface area contributed by atoms with Crippen LogP contribution in [0.3, 0.4) is 0 Å². The number of nitrogens with one attached hydrogen (secondary N) is 1. The van der Waals surface area contributed by atoms with Crippen LogP contribution in [0, 0.1) is 5.92 Å². The van der Waals surface area contributed by atoms with Gasteiger partial charge in [0.05, 0.1) is 13.2 Å². The van der Waals surface area contributed by atoms with Gasteiger partial charge in [0.15, 0.2) is 0 Å². The molecule has 2 fully saturated rings. The monoisotopic (exact) mass is 438 g/mol. The molecule has 2 aromatic rings. The molecular formula is C25H34N4O3. The predicted octanol–water partition coefficient (Wildman–Crippen LogP) is 2.66. The van der Waals surface area contributed by atoms with Gasteiger partial charge in [0.25, 0.3) is 5.91 Å². The molecule has 172 valence electrons. The SMILES string of the molecule is COCc1cc(-c2ccc(C(=O)N3CCN(C)CC3)nc2)ccc1OCC1CCNCC1. The Labute approximate surface area is 190 Å². The number of pyridine rings is 1. The van der Waals surface area contributed by atoms with E-state index in [0.29, 0.717) is 18.2 Å². The number of piperazine rings is 1. The molecule has 3 heterocycles. The molecular weight excluding hydrogens is 404 g/mol. The number of ether oxygens (including phenoxy) is 2. The fraction of sp³-hybridized carbons (Fsp3) is 0.520. The molecule has 0 atom stereocenters. The molecule has 0 unspecified atom stereocenters. The summed E-state index contributed by atoms with van der Waals surface area (Å²) in [7, 11) is 3.78. The van der Waals surface area contributed by atoms with Crippen LogP contribution in [0.1, 0.15) is 28.9 Å². The van der Waals surface area contributed by atoms with E-state index < -0.39 is 0 Å². The first-order valence-corrected chi connectivity index (χ1v) is 11.5. The van der Waals surface area contributed by atoms with Crippen molar-refractivity contribution >= 4 is 5.91 Å². The van der Waals surface area contributed by atoms with Gasteiger partial charge < -0.3 is 24.6 Å². The topological polar surface area (TPSA) is 66.9 Å². The molecule has 2 saturated heterocycles. The average molecular weight is 439 g/mol. The molecule has 0 radical (unpaired) electrons. The summed E-state index contributed by atoms with van der Waals surface area (Å²) in [5, 5.41) is 3.39. The van der Waals surface area contributed by atoms with Crippen molar-refractivity contribution in [3.8, 4) is 16.9 Å².